The molecule has 90 valence electrons. The van der Waals surface area contributed by atoms with Crippen molar-refractivity contribution in [1.82, 2.24) is 9.55 Å². The van der Waals surface area contributed by atoms with Crippen LogP contribution in [0.4, 0.5) is 0 Å². The molecule has 0 aliphatic rings. The monoisotopic (exact) mass is 304 g/mol. The number of halogens is 1. The molecule has 0 unspecified atom stereocenters. The number of nitrogens with zero attached hydrogens (tertiary/aromatic N) is 3. The SMILES string of the molecule is Brc1ccc(-n2cc[n+](C[n+]3cc[nH]c3)c2)cc1. The summed E-state index contributed by atoms with van der Waals surface area (Å²) in [6.45, 7) is 0.799. The Labute approximate surface area is 113 Å². The van der Waals surface area contributed by atoms with Gasteiger partial charge in [-0.25, -0.2) is 4.57 Å². The quantitative estimate of drug-likeness (QED) is 0.713. The lowest BCUT2D eigenvalue weighted by molar-refractivity contribution is -0.912. The zero-order valence-corrected chi connectivity index (χ0v) is 11.3. The highest BCUT2D eigenvalue weighted by molar-refractivity contribution is 9.10. The van der Waals surface area contributed by atoms with E-state index in [9.17, 15) is 0 Å². The molecule has 5 heteroatoms. The van der Waals surface area contributed by atoms with Crippen molar-refractivity contribution >= 4 is 15.9 Å². The van der Waals surface area contributed by atoms with E-state index in [0.29, 0.717) is 0 Å². The van der Waals surface area contributed by atoms with Crippen molar-refractivity contribution in [1.29, 1.82) is 0 Å². The standard InChI is InChI=1S/C13H12BrN4/c14-12-1-3-13(4-2-12)18-8-7-17(11-18)10-16-6-5-15-9-16/h1-9,11H,10H2/q+1/p+1. The Balaban J connectivity index is 1.83. The molecule has 1 N–H and O–H groups in total. The Hall–Kier alpha value is -1.88. The molecule has 0 spiro atoms. The Morgan fingerprint density at radius 2 is 1.94 bits per heavy atom. The zero-order valence-electron chi connectivity index (χ0n) is 9.70. The van der Waals surface area contributed by atoms with E-state index in [0.717, 1.165) is 16.8 Å². The Morgan fingerprint density at radius 3 is 2.67 bits per heavy atom. The predicted molar refractivity (Wildman–Crippen MR) is 70.0 cm³/mol. The molecule has 1 aromatic carbocycles. The molecule has 3 aromatic rings. The van der Waals surface area contributed by atoms with E-state index >= 15 is 0 Å². The highest BCUT2D eigenvalue weighted by Crippen LogP contribution is 2.13. The minimum Gasteiger partial charge on any atom is -0.250 e. The minimum atomic E-state index is 0.799. The number of benzene rings is 1. The number of rotatable bonds is 3. The fraction of sp³-hybridized carbons (Fsp3) is 0.0769. The average molecular weight is 305 g/mol. The van der Waals surface area contributed by atoms with E-state index in [4.69, 9.17) is 0 Å². The molecule has 0 bridgehead atoms. The van der Waals surface area contributed by atoms with Gasteiger partial charge in [-0.3, -0.25) is 4.98 Å². The highest BCUT2D eigenvalue weighted by Gasteiger charge is 2.08. The summed E-state index contributed by atoms with van der Waals surface area (Å²) in [5, 5.41) is 0. The van der Waals surface area contributed by atoms with E-state index in [-0.39, 0.29) is 0 Å². The average Bonchev–Trinajstić information content (AvgIpc) is 3.02. The number of hydrogen-bond acceptors (Lipinski definition) is 0. The van der Waals surface area contributed by atoms with Crippen LogP contribution in [0, 0.1) is 0 Å². The molecule has 0 aliphatic carbocycles. The van der Waals surface area contributed by atoms with Crippen LogP contribution < -0.4 is 9.13 Å². The molecule has 0 atom stereocenters. The van der Waals surface area contributed by atoms with Crippen molar-refractivity contribution in [3.8, 4) is 5.69 Å². The van der Waals surface area contributed by atoms with Gasteiger partial charge in [0.2, 0.25) is 13.0 Å². The van der Waals surface area contributed by atoms with Crippen molar-refractivity contribution in [3.05, 3.63) is 66.2 Å². The van der Waals surface area contributed by atoms with E-state index in [1.807, 2.05) is 30.9 Å². The van der Waals surface area contributed by atoms with Gasteiger partial charge < -0.3 is 0 Å². The van der Waals surface area contributed by atoms with Crippen molar-refractivity contribution in [2.45, 2.75) is 6.67 Å². The van der Waals surface area contributed by atoms with Crippen LogP contribution in [0.3, 0.4) is 0 Å². The third-order valence-electron chi connectivity index (χ3n) is 2.75. The Bertz CT molecular complexity index is 625. The molecular formula is C13H13BrN4+2. The fourth-order valence-electron chi connectivity index (χ4n) is 1.84. The molecule has 18 heavy (non-hydrogen) atoms. The molecule has 0 saturated heterocycles. The maximum absolute atomic E-state index is 3.44. The van der Waals surface area contributed by atoms with Crippen molar-refractivity contribution in [2.75, 3.05) is 0 Å². The van der Waals surface area contributed by atoms with Crippen LogP contribution in [0.25, 0.3) is 5.69 Å². The van der Waals surface area contributed by atoms with Gasteiger partial charge in [0, 0.05) is 4.47 Å². The third kappa shape index (κ3) is 2.36. The lowest BCUT2D eigenvalue weighted by Crippen LogP contribution is -2.49. The summed E-state index contributed by atoms with van der Waals surface area (Å²) < 4.78 is 7.38. The van der Waals surface area contributed by atoms with Crippen molar-refractivity contribution < 1.29 is 9.13 Å². The summed E-state index contributed by atoms with van der Waals surface area (Å²) in [6, 6.07) is 8.25. The first-order chi connectivity index (χ1) is 8.81. The Kier molecular flexibility index (Phi) is 2.98. The maximum Gasteiger partial charge on any atom is 0.252 e. The van der Waals surface area contributed by atoms with Crippen molar-refractivity contribution in [3.63, 3.8) is 0 Å². The molecule has 4 nitrogen and oxygen atoms in total. The summed E-state index contributed by atoms with van der Waals surface area (Å²) in [5.74, 6) is 0. The normalized spacial score (nSPS) is 10.7. The van der Waals surface area contributed by atoms with Gasteiger partial charge in [0.05, 0.1) is 0 Å². The minimum absolute atomic E-state index is 0.799. The van der Waals surface area contributed by atoms with Crippen LogP contribution in [0.5, 0.6) is 0 Å². The second kappa shape index (κ2) is 4.78. The van der Waals surface area contributed by atoms with Gasteiger partial charge in [0.1, 0.15) is 30.5 Å². The smallest absolute Gasteiger partial charge is 0.250 e. The predicted octanol–water partition coefficient (Wildman–Crippen LogP) is 1.65. The molecule has 3 rings (SSSR count). The lowest BCUT2D eigenvalue weighted by Gasteiger charge is -1.95. The molecule has 2 heterocycles. The topological polar surface area (TPSA) is 28.5 Å². The van der Waals surface area contributed by atoms with Gasteiger partial charge in [0.25, 0.3) is 6.33 Å². The van der Waals surface area contributed by atoms with E-state index in [1.54, 1.807) is 0 Å². The molecule has 0 saturated carbocycles. The summed E-state index contributed by atoms with van der Waals surface area (Å²) >= 11 is 3.44. The van der Waals surface area contributed by atoms with Gasteiger partial charge in [0.15, 0.2) is 0 Å². The summed E-state index contributed by atoms with van der Waals surface area (Å²) in [4.78, 5) is 3.03. The van der Waals surface area contributed by atoms with Crippen molar-refractivity contribution in [2.24, 2.45) is 0 Å². The summed E-state index contributed by atoms with van der Waals surface area (Å²) in [6.07, 6.45) is 12.0. The first kappa shape index (κ1) is 11.2. The molecule has 0 radical (unpaired) electrons. The summed E-state index contributed by atoms with van der Waals surface area (Å²) in [5.41, 5.74) is 1.15. The number of H-pyrrole nitrogens is 1. The van der Waals surface area contributed by atoms with Crippen LogP contribution in [-0.4, -0.2) is 9.55 Å². The van der Waals surface area contributed by atoms with Gasteiger partial charge in [-0.05, 0) is 24.3 Å². The van der Waals surface area contributed by atoms with Crippen LogP contribution >= 0.6 is 15.9 Å². The number of hydrogen-bond donors (Lipinski definition) is 1. The Morgan fingerprint density at radius 1 is 1.11 bits per heavy atom. The molecule has 0 amide bonds. The van der Waals surface area contributed by atoms with Crippen LogP contribution in [0.15, 0.2) is 66.2 Å². The summed E-state index contributed by atoms with van der Waals surface area (Å²) in [7, 11) is 0. The van der Waals surface area contributed by atoms with Crippen LogP contribution in [0.1, 0.15) is 0 Å². The molecule has 0 fully saturated rings. The van der Waals surface area contributed by atoms with Gasteiger partial charge >= 0.3 is 0 Å². The molecule has 0 aliphatic heterocycles. The van der Waals surface area contributed by atoms with Crippen LogP contribution in [0.2, 0.25) is 0 Å². The molecule has 2 aromatic heterocycles. The number of aromatic amines is 1. The first-order valence-corrected chi connectivity index (χ1v) is 6.45. The van der Waals surface area contributed by atoms with E-state index in [1.165, 1.54) is 0 Å². The number of aromatic nitrogens is 4. The van der Waals surface area contributed by atoms with Gasteiger partial charge in [-0.1, -0.05) is 15.9 Å². The largest absolute Gasteiger partial charge is 0.252 e. The number of nitrogens with one attached hydrogen (secondary N) is 1. The van der Waals surface area contributed by atoms with Crippen LogP contribution in [-0.2, 0) is 6.67 Å². The van der Waals surface area contributed by atoms with Gasteiger partial charge in [-0.2, -0.15) is 9.13 Å². The van der Waals surface area contributed by atoms with E-state index < -0.39 is 0 Å². The zero-order chi connectivity index (χ0) is 12.4. The first-order valence-electron chi connectivity index (χ1n) is 5.66. The maximum atomic E-state index is 3.44. The second-order valence-electron chi connectivity index (χ2n) is 4.08. The van der Waals surface area contributed by atoms with E-state index in [2.05, 4.69) is 65.5 Å². The van der Waals surface area contributed by atoms with Gasteiger partial charge in [-0.15, -0.1) is 0 Å². The highest BCUT2D eigenvalue weighted by atomic mass is 79.9. The second-order valence-corrected chi connectivity index (χ2v) is 4.99. The number of imidazole rings is 2. The molecular weight excluding hydrogens is 292 g/mol. The lowest BCUT2D eigenvalue weighted by atomic mass is 10.3. The third-order valence-corrected chi connectivity index (χ3v) is 3.27. The fourth-order valence-corrected chi connectivity index (χ4v) is 2.11.